The highest BCUT2D eigenvalue weighted by Crippen LogP contribution is 2.38. The third-order valence-corrected chi connectivity index (χ3v) is 7.22. The molecule has 234 valence electrons. The number of phenols is 2. The maximum absolute atomic E-state index is 13.7. The van der Waals surface area contributed by atoms with Crippen molar-refractivity contribution in [2.75, 3.05) is 13.2 Å². The van der Waals surface area contributed by atoms with Crippen molar-refractivity contribution in [3.8, 4) is 34.3 Å². The number of ether oxygens (including phenoxy) is 4. The van der Waals surface area contributed by atoms with Crippen molar-refractivity contribution in [1.29, 1.82) is 0 Å². The number of hydrogen-bond donors (Lipinski definition) is 10. The fourth-order valence-corrected chi connectivity index (χ4v) is 4.82. The molecule has 10 N–H and O–H groups in total. The minimum Gasteiger partial charge on any atom is -0.508 e. The third kappa shape index (κ3) is 5.73. The zero-order valence-electron chi connectivity index (χ0n) is 22.1. The molecule has 0 bridgehead atoms. The van der Waals surface area contributed by atoms with Gasteiger partial charge in [0.15, 0.2) is 5.76 Å². The van der Waals surface area contributed by atoms with Crippen LogP contribution in [0.25, 0.3) is 22.3 Å². The van der Waals surface area contributed by atoms with Gasteiger partial charge in [-0.25, -0.2) is 0 Å². The van der Waals surface area contributed by atoms with Crippen molar-refractivity contribution in [1.82, 2.24) is 0 Å². The first kappa shape index (κ1) is 30.9. The maximum atomic E-state index is 13.7. The van der Waals surface area contributed by atoms with Gasteiger partial charge in [-0.2, -0.15) is 0 Å². The number of phenolic OH excluding ortho intramolecular Hbond substituents is 2. The van der Waals surface area contributed by atoms with E-state index in [0.717, 1.165) is 12.1 Å². The number of aromatic hydroxyl groups is 2. The van der Waals surface area contributed by atoms with Crippen molar-refractivity contribution in [2.45, 2.75) is 61.4 Å². The quantitative estimate of drug-likeness (QED) is 0.130. The summed E-state index contributed by atoms with van der Waals surface area (Å²) in [7, 11) is 0. The molecule has 43 heavy (non-hydrogen) atoms. The summed E-state index contributed by atoms with van der Waals surface area (Å²) in [5, 5.41) is 100. The first-order valence-electron chi connectivity index (χ1n) is 13.0. The molecule has 3 aromatic rings. The second-order valence-corrected chi connectivity index (χ2v) is 10.1. The molecular weight excluding hydrogens is 580 g/mol. The Morgan fingerprint density at radius 2 is 1.23 bits per heavy atom. The third-order valence-electron chi connectivity index (χ3n) is 7.22. The minimum absolute atomic E-state index is 0.129. The Labute approximate surface area is 241 Å². The Balaban J connectivity index is 1.58. The van der Waals surface area contributed by atoms with Gasteiger partial charge in [-0.15, -0.1) is 0 Å². The Kier molecular flexibility index (Phi) is 8.77. The lowest BCUT2D eigenvalue weighted by Crippen LogP contribution is -2.60. The molecule has 16 nitrogen and oxygen atoms in total. The van der Waals surface area contributed by atoms with E-state index in [4.69, 9.17) is 23.4 Å². The van der Waals surface area contributed by atoms with Crippen LogP contribution < -0.4 is 14.9 Å². The van der Waals surface area contributed by atoms with E-state index in [1.54, 1.807) is 0 Å². The molecule has 0 saturated carbocycles. The topological polar surface area (TPSA) is 269 Å². The first-order valence-corrected chi connectivity index (χ1v) is 13.0. The van der Waals surface area contributed by atoms with Gasteiger partial charge in [-0.05, 0) is 24.3 Å². The van der Waals surface area contributed by atoms with Crippen LogP contribution in [0.15, 0.2) is 45.6 Å². The summed E-state index contributed by atoms with van der Waals surface area (Å²) < 4.78 is 27.8. The summed E-state index contributed by atoms with van der Waals surface area (Å²) in [6.07, 6.45) is -16.6. The summed E-state index contributed by atoms with van der Waals surface area (Å²) in [5.74, 6) is -1.96. The van der Waals surface area contributed by atoms with Crippen LogP contribution in [0.3, 0.4) is 0 Å². The van der Waals surface area contributed by atoms with Crippen molar-refractivity contribution >= 4 is 11.0 Å². The zero-order valence-corrected chi connectivity index (χ0v) is 22.1. The predicted octanol–water partition coefficient (Wildman–Crippen LogP) is -2.77. The van der Waals surface area contributed by atoms with Crippen LogP contribution in [0.4, 0.5) is 0 Å². The molecule has 2 aromatic carbocycles. The predicted molar refractivity (Wildman–Crippen MR) is 140 cm³/mol. The van der Waals surface area contributed by atoms with Crippen LogP contribution in [0.2, 0.25) is 0 Å². The van der Waals surface area contributed by atoms with E-state index in [2.05, 4.69) is 0 Å². The highest BCUT2D eigenvalue weighted by atomic mass is 16.7. The van der Waals surface area contributed by atoms with Gasteiger partial charge in [0, 0.05) is 17.7 Å². The lowest BCUT2D eigenvalue weighted by atomic mass is 9.99. The molecule has 0 amide bonds. The number of benzene rings is 2. The standard InChI is InChI=1S/C27H30O16/c28-7-14-17(32)20(35)22(37)26(41-14)39-11-5-12(31)16-13(6-11)40-24(9-1-3-10(30)4-2-9)25(19(16)34)43-27-23(38)21(36)18(33)15(8-29)42-27/h1-6,14-15,17-18,20-23,26-33,35-38H,7-8H2/t14-,15+,17-,18+,20+,21-,22-,23+,26-,27-/m1/s1. The average Bonchev–Trinajstić information content (AvgIpc) is 2.98. The van der Waals surface area contributed by atoms with E-state index in [0.29, 0.717) is 0 Å². The lowest BCUT2D eigenvalue weighted by molar-refractivity contribution is -0.277. The molecule has 2 aliphatic heterocycles. The molecule has 2 fully saturated rings. The zero-order chi connectivity index (χ0) is 31.2. The van der Waals surface area contributed by atoms with Gasteiger partial charge in [0.25, 0.3) is 0 Å². The Bertz CT molecular complexity index is 1490. The van der Waals surface area contributed by atoms with E-state index in [1.165, 1.54) is 24.3 Å². The van der Waals surface area contributed by atoms with Crippen LogP contribution >= 0.6 is 0 Å². The summed E-state index contributed by atoms with van der Waals surface area (Å²) in [4.78, 5) is 13.7. The molecule has 0 radical (unpaired) electrons. The molecule has 16 heteroatoms. The molecule has 0 unspecified atom stereocenters. The highest BCUT2D eigenvalue weighted by Gasteiger charge is 2.46. The Morgan fingerprint density at radius 3 is 1.77 bits per heavy atom. The van der Waals surface area contributed by atoms with Gasteiger partial charge >= 0.3 is 0 Å². The van der Waals surface area contributed by atoms with Crippen LogP contribution in [0, 0.1) is 0 Å². The molecular formula is C27H30O16. The van der Waals surface area contributed by atoms with E-state index < -0.39 is 96.9 Å². The number of aliphatic hydroxyl groups excluding tert-OH is 8. The van der Waals surface area contributed by atoms with Gasteiger partial charge in [-0.1, -0.05) is 0 Å². The molecule has 0 spiro atoms. The fourth-order valence-electron chi connectivity index (χ4n) is 4.82. The van der Waals surface area contributed by atoms with Crippen molar-refractivity contribution in [2.24, 2.45) is 0 Å². The van der Waals surface area contributed by atoms with Crippen molar-refractivity contribution in [3.05, 3.63) is 46.6 Å². The Morgan fingerprint density at radius 1 is 0.698 bits per heavy atom. The second-order valence-electron chi connectivity index (χ2n) is 10.1. The number of aliphatic hydroxyl groups is 8. The molecule has 5 rings (SSSR count). The van der Waals surface area contributed by atoms with Crippen LogP contribution in [0.1, 0.15) is 0 Å². The molecule has 2 saturated heterocycles. The van der Waals surface area contributed by atoms with Crippen LogP contribution in [-0.2, 0) is 9.47 Å². The SMILES string of the molecule is O=c1c(O[C@H]2O[C@@H](CO)[C@H](O)[C@@H](O)[C@@H]2O)c(-c2ccc(O)cc2)oc2cc(O[C@@H]3O[C@H](CO)[C@@H](O)[C@H](O)[C@H]3O)cc(O)c12. The van der Waals surface area contributed by atoms with E-state index in [1.807, 2.05) is 0 Å². The largest absolute Gasteiger partial charge is 0.508 e. The molecule has 10 atom stereocenters. The number of hydrogen-bond acceptors (Lipinski definition) is 16. The first-order chi connectivity index (χ1) is 20.4. The maximum Gasteiger partial charge on any atom is 0.239 e. The minimum atomic E-state index is -1.89. The van der Waals surface area contributed by atoms with Crippen LogP contribution in [-0.4, -0.2) is 126 Å². The van der Waals surface area contributed by atoms with Crippen LogP contribution in [0.5, 0.6) is 23.0 Å². The summed E-state index contributed by atoms with van der Waals surface area (Å²) in [6, 6.07) is 7.35. The molecule has 3 heterocycles. The lowest BCUT2D eigenvalue weighted by Gasteiger charge is -2.39. The van der Waals surface area contributed by atoms with Gasteiger partial charge < -0.3 is 74.4 Å². The molecule has 1 aromatic heterocycles. The smallest absolute Gasteiger partial charge is 0.239 e. The van der Waals surface area contributed by atoms with Gasteiger partial charge in [-0.3, -0.25) is 4.79 Å². The average molecular weight is 611 g/mol. The van der Waals surface area contributed by atoms with Gasteiger partial charge in [0.05, 0.1) is 13.2 Å². The fraction of sp³-hybridized carbons (Fsp3) is 0.444. The van der Waals surface area contributed by atoms with E-state index in [9.17, 15) is 55.9 Å². The molecule has 2 aliphatic rings. The normalized spacial score (nSPS) is 32.9. The van der Waals surface area contributed by atoms with Gasteiger partial charge in [0.1, 0.15) is 77.0 Å². The van der Waals surface area contributed by atoms with E-state index in [-0.39, 0.29) is 28.4 Å². The van der Waals surface area contributed by atoms with Crippen molar-refractivity contribution < 1.29 is 74.4 Å². The summed E-state index contributed by atoms with van der Waals surface area (Å²) >= 11 is 0. The highest BCUT2D eigenvalue weighted by molar-refractivity contribution is 5.88. The number of rotatable bonds is 7. The van der Waals surface area contributed by atoms with E-state index >= 15 is 0 Å². The monoisotopic (exact) mass is 610 g/mol. The number of fused-ring (bicyclic) bond motifs is 1. The second kappa shape index (κ2) is 12.2. The summed E-state index contributed by atoms with van der Waals surface area (Å²) in [6.45, 7) is -1.48. The Hall–Kier alpha value is -3.55. The van der Waals surface area contributed by atoms with Gasteiger partial charge in [0.2, 0.25) is 23.8 Å². The van der Waals surface area contributed by atoms with Crippen molar-refractivity contribution in [3.63, 3.8) is 0 Å². The molecule has 0 aliphatic carbocycles. The summed E-state index contributed by atoms with van der Waals surface area (Å²) in [5.41, 5.74) is -1.11.